The molecule has 0 unspecified atom stereocenters. The van der Waals surface area contributed by atoms with Crippen LogP contribution in [0.1, 0.15) is 19.3 Å². The Morgan fingerprint density at radius 2 is 2.08 bits per heavy atom. The maximum absolute atomic E-state index is 10.8. The fourth-order valence-electron chi connectivity index (χ4n) is 0.659. The molecule has 0 rings (SSSR count). The summed E-state index contributed by atoms with van der Waals surface area (Å²) in [7, 11) is 0. The van der Waals surface area contributed by atoms with Gasteiger partial charge in [0.05, 0.1) is 0 Å². The number of aliphatic carboxylic acids is 1. The Morgan fingerprint density at radius 3 is 2.62 bits per heavy atom. The largest absolute Gasteiger partial charge is 0.479 e. The van der Waals surface area contributed by atoms with E-state index in [1.54, 1.807) is 0 Å². The van der Waals surface area contributed by atoms with Crippen molar-refractivity contribution in [3.05, 3.63) is 0 Å². The lowest BCUT2D eigenvalue weighted by molar-refractivity contribution is -0.149. The fourth-order valence-corrected chi connectivity index (χ4v) is 0.659. The lowest BCUT2D eigenvalue weighted by Crippen LogP contribution is -2.26. The Hall–Kier alpha value is -1.14. The van der Waals surface area contributed by atoms with Crippen molar-refractivity contribution in [3.8, 4) is 0 Å². The zero-order valence-electron chi connectivity index (χ0n) is 7.28. The summed E-state index contributed by atoms with van der Waals surface area (Å²) in [5, 5.41) is 8.15. The number of nitrogens with one attached hydrogen (secondary N) is 1. The van der Waals surface area contributed by atoms with Crippen LogP contribution in [0.25, 0.3) is 0 Å². The summed E-state index contributed by atoms with van der Waals surface area (Å²) in [4.78, 5) is 25.1. The second kappa shape index (κ2) is 7.51. The highest BCUT2D eigenvalue weighted by molar-refractivity contribution is 5.75. The second-order valence-electron chi connectivity index (χ2n) is 2.45. The van der Waals surface area contributed by atoms with Crippen LogP contribution in [0, 0.1) is 0 Å². The van der Waals surface area contributed by atoms with Crippen molar-refractivity contribution in [2.24, 2.45) is 5.73 Å². The van der Waals surface area contributed by atoms with Gasteiger partial charge in [0, 0.05) is 6.42 Å². The van der Waals surface area contributed by atoms with Crippen LogP contribution in [0.2, 0.25) is 0 Å². The molecular formula is C7H14N2O4. The molecule has 0 spiro atoms. The predicted molar refractivity (Wildman–Crippen MR) is 44.6 cm³/mol. The van der Waals surface area contributed by atoms with Gasteiger partial charge in [0.2, 0.25) is 5.91 Å². The molecule has 0 aliphatic rings. The second-order valence-corrected chi connectivity index (χ2v) is 2.45. The van der Waals surface area contributed by atoms with E-state index in [-0.39, 0.29) is 5.91 Å². The maximum Gasteiger partial charge on any atom is 0.332 e. The number of hydrogen-bond acceptors (Lipinski definition) is 4. The van der Waals surface area contributed by atoms with Crippen LogP contribution in [-0.2, 0) is 14.4 Å². The van der Waals surface area contributed by atoms with Crippen molar-refractivity contribution in [2.75, 3.05) is 13.2 Å². The number of amides is 1. The van der Waals surface area contributed by atoms with E-state index in [0.29, 0.717) is 19.4 Å². The molecule has 76 valence electrons. The third-order valence-corrected chi connectivity index (χ3v) is 1.24. The molecule has 0 aliphatic carbocycles. The Balaban J connectivity index is 3.25. The van der Waals surface area contributed by atoms with Crippen LogP contribution in [-0.4, -0.2) is 30.1 Å². The van der Waals surface area contributed by atoms with Gasteiger partial charge in [-0.25, -0.2) is 10.3 Å². The van der Waals surface area contributed by atoms with Gasteiger partial charge in [-0.1, -0.05) is 0 Å². The first-order valence-electron chi connectivity index (χ1n) is 3.99. The Bertz CT molecular complexity index is 172. The van der Waals surface area contributed by atoms with Crippen LogP contribution in [0.3, 0.4) is 0 Å². The van der Waals surface area contributed by atoms with Gasteiger partial charge in [-0.3, -0.25) is 9.63 Å². The average molecular weight is 190 g/mol. The zero-order chi connectivity index (χ0) is 10.1. The standard InChI is InChI=1S/C7H14N2O4/c8-4-2-1-3-6(10)9-13-5-7(11)12/h1-5,8H2,(H,9,10)(H,11,12). The highest BCUT2D eigenvalue weighted by Crippen LogP contribution is 1.92. The third kappa shape index (κ3) is 8.77. The van der Waals surface area contributed by atoms with Crippen molar-refractivity contribution in [2.45, 2.75) is 19.3 Å². The summed E-state index contributed by atoms with van der Waals surface area (Å²) < 4.78 is 0. The molecule has 0 atom stereocenters. The first-order chi connectivity index (χ1) is 6.16. The maximum atomic E-state index is 10.8. The van der Waals surface area contributed by atoms with Crippen molar-refractivity contribution in [1.82, 2.24) is 5.48 Å². The van der Waals surface area contributed by atoms with E-state index in [4.69, 9.17) is 10.8 Å². The summed E-state index contributed by atoms with van der Waals surface area (Å²) in [6, 6.07) is 0. The number of rotatable bonds is 7. The number of carboxylic acid groups (broad SMARTS) is 1. The number of carboxylic acids is 1. The van der Waals surface area contributed by atoms with E-state index in [2.05, 4.69) is 4.84 Å². The highest BCUT2D eigenvalue weighted by atomic mass is 16.7. The first kappa shape index (κ1) is 11.9. The molecule has 0 aliphatic heterocycles. The molecule has 0 heterocycles. The fraction of sp³-hybridized carbons (Fsp3) is 0.714. The predicted octanol–water partition coefficient (Wildman–Crippen LogP) is -0.752. The van der Waals surface area contributed by atoms with E-state index in [0.717, 1.165) is 6.42 Å². The quantitative estimate of drug-likeness (QED) is 0.362. The van der Waals surface area contributed by atoms with Crippen LogP contribution < -0.4 is 11.2 Å². The van der Waals surface area contributed by atoms with Crippen molar-refractivity contribution in [1.29, 1.82) is 0 Å². The molecule has 1 amide bonds. The Kier molecular flexibility index (Phi) is 6.85. The van der Waals surface area contributed by atoms with Gasteiger partial charge in [0.1, 0.15) is 0 Å². The smallest absolute Gasteiger partial charge is 0.332 e. The summed E-state index contributed by atoms with van der Waals surface area (Å²) in [6.45, 7) is 0.0197. The molecule has 0 saturated carbocycles. The van der Waals surface area contributed by atoms with Crippen LogP contribution in [0.15, 0.2) is 0 Å². The normalized spacial score (nSPS) is 9.62. The molecule has 0 bridgehead atoms. The summed E-state index contributed by atoms with van der Waals surface area (Å²) in [5.41, 5.74) is 7.23. The topological polar surface area (TPSA) is 102 Å². The SMILES string of the molecule is NCCCCC(=O)NOCC(=O)O. The number of carbonyl (C=O) groups excluding carboxylic acids is 1. The van der Waals surface area contributed by atoms with Crippen molar-refractivity contribution < 1.29 is 19.5 Å². The molecular weight excluding hydrogens is 176 g/mol. The van der Waals surface area contributed by atoms with Crippen molar-refractivity contribution >= 4 is 11.9 Å². The number of carbonyl (C=O) groups is 2. The molecule has 0 aromatic carbocycles. The van der Waals surface area contributed by atoms with E-state index in [1.807, 2.05) is 5.48 Å². The van der Waals surface area contributed by atoms with Gasteiger partial charge in [0.15, 0.2) is 6.61 Å². The van der Waals surface area contributed by atoms with Gasteiger partial charge >= 0.3 is 5.97 Å². The van der Waals surface area contributed by atoms with Crippen LogP contribution in [0.5, 0.6) is 0 Å². The number of hydroxylamine groups is 1. The lowest BCUT2D eigenvalue weighted by Gasteiger charge is -2.02. The Labute approximate surface area is 76.0 Å². The molecule has 0 aromatic heterocycles. The van der Waals surface area contributed by atoms with E-state index < -0.39 is 12.6 Å². The van der Waals surface area contributed by atoms with Gasteiger partial charge < -0.3 is 10.8 Å². The minimum Gasteiger partial charge on any atom is -0.479 e. The van der Waals surface area contributed by atoms with E-state index in [9.17, 15) is 9.59 Å². The Morgan fingerprint density at radius 1 is 1.38 bits per heavy atom. The number of hydrogen-bond donors (Lipinski definition) is 3. The van der Waals surface area contributed by atoms with E-state index >= 15 is 0 Å². The molecule has 4 N–H and O–H groups in total. The summed E-state index contributed by atoms with van der Waals surface area (Å²) >= 11 is 0. The molecule has 6 nitrogen and oxygen atoms in total. The zero-order valence-corrected chi connectivity index (χ0v) is 7.28. The van der Waals surface area contributed by atoms with Gasteiger partial charge in [-0.2, -0.15) is 0 Å². The molecule has 0 radical (unpaired) electrons. The minimum absolute atomic E-state index is 0.302. The lowest BCUT2D eigenvalue weighted by atomic mass is 10.2. The molecule has 0 fully saturated rings. The van der Waals surface area contributed by atoms with Crippen LogP contribution in [0.4, 0.5) is 0 Å². The summed E-state index contributed by atoms with van der Waals surface area (Å²) in [5.74, 6) is -1.45. The monoisotopic (exact) mass is 190 g/mol. The van der Waals surface area contributed by atoms with Crippen LogP contribution >= 0.6 is 0 Å². The first-order valence-corrected chi connectivity index (χ1v) is 3.99. The summed E-state index contributed by atoms with van der Waals surface area (Å²) in [6.07, 6.45) is 1.75. The third-order valence-electron chi connectivity index (χ3n) is 1.24. The van der Waals surface area contributed by atoms with Gasteiger partial charge in [0.25, 0.3) is 0 Å². The molecule has 13 heavy (non-hydrogen) atoms. The average Bonchev–Trinajstić information content (AvgIpc) is 2.04. The van der Waals surface area contributed by atoms with Gasteiger partial charge in [-0.15, -0.1) is 0 Å². The van der Waals surface area contributed by atoms with Crippen molar-refractivity contribution in [3.63, 3.8) is 0 Å². The minimum atomic E-state index is -1.12. The number of unbranched alkanes of at least 4 members (excludes halogenated alkanes) is 1. The van der Waals surface area contributed by atoms with Gasteiger partial charge in [-0.05, 0) is 19.4 Å². The highest BCUT2D eigenvalue weighted by Gasteiger charge is 2.01. The molecule has 6 heteroatoms. The van der Waals surface area contributed by atoms with E-state index in [1.165, 1.54) is 0 Å². The number of nitrogens with two attached hydrogens (primary N) is 1. The molecule has 0 aromatic rings. The molecule has 0 saturated heterocycles.